The van der Waals surface area contributed by atoms with Gasteiger partial charge in [-0.25, -0.2) is 12.7 Å². The maximum Gasteiger partial charge on any atom is 0.228 e. The van der Waals surface area contributed by atoms with Crippen molar-refractivity contribution in [1.29, 1.82) is 0 Å². The lowest BCUT2D eigenvalue weighted by molar-refractivity contribution is -0.149. The molecule has 0 aromatic rings. The first-order valence-electron chi connectivity index (χ1n) is 7.12. The second kappa shape index (κ2) is 5.99. The standard InChI is InChI=1S/C13H24N2O4S/c1-19-11-10-14-7-3-4-13(12(14)16)5-8-15(9-6-13)20(2,17)18/h3-11H2,1-2H3. The highest BCUT2D eigenvalue weighted by Gasteiger charge is 2.46. The van der Waals surface area contributed by atoms with E-state index in [1.54, 1.807) is 7.11 Å². The molecule has 116 valence electrons. The number of methoxy groups -OCH3 is 1. The van der Waals surface area contributed by atoms with Gasteiger partial charge in [-0.2, -0.15) is 0 Å². The van der Waals surface area contributed by atoms with Crippen molar-refractivity contribution in [2.45, 2.75) is 25.7 Å². The average molecular weight is 304 g/mol. The molecule has 1 spiro atoms. The summed E-state index contributed by atoms with van der Waals surface area (Å²) in [6, 6.07) is 0. The minimum atomic E-state index is -3.14. The number of piperidine rings is 2. The molecule has 2 aliphatic heterocycles. The molecule has 0 N–H and O–H groups in total. The normalized spacial score (nSPS) is 24.3. The third-order valence-corrected chi connectivity index (χ3v) is 5.84. The highest BCUT2D eigenvalue weighted by atomic mass is 32.2. The van der Waals surface area contributed by atoms with E-state index in [9.17, 15) is 13.2 Å². The van der Waals surface area contributed by atoms with E-state index in [0.717, 1.165) is 19.4 Å². The number of hydrogen-bond acceptors (Lipinski definition) is 4. The van der Waals surface area contributed by atoms with Gasteiger partial charge in [-0.1, -0.05) is 0 Å². The second-order valence-electron chi connectivity index (χ2n) is 5.83. The van der Waals surface area contributed by atoms with E-state index in [1.165, 1.54) is 10.6 Å². The Morgan fingerprint density at radius 1 is 1.20 bits per heavy atom. The number of hydrogen-bond donors (Lipinski definition) is 0. The summed E-state index contributed by atoms with van der Waals surface area (Å²) in [6.07, 6.45) is 4.39. The fourth-order valence-electron chi connectivity index (χ4n) is 3.28. The molecule has 0 aliphatic carbocycles. The number of sulfonamides is 1. The first-order valence-corrected chi connectivity index (χ1v) is 8.97. The molecule has 2 aliphatic rings. The summed E-state index contributed by atoms with van der Waals surface area (Å²) in [6.45, 7) is 2.90. The Hall–Kier alpha value is -0.660. The van der Waals surface area contributed by atoms with Crippen LogP contribution in [0.4, 0.5) is 0 Å². The van der Waals surface area contributed by atoms with E-state index in [0.29, 0.717) is 39.1 Å². The van der Waals surface area contributed by atoms with Crippen molar-refractivity contribution in [3.8, 4) is 0 Å². The van der Waals surface area contributed by atoms with Crippen molar-refractivity contribution < 1.29 is 17.9 Å². The van der Waals surface area contributed by atoms with Crippen LogP contribution < -0.4 is 0 Å². The van der Waals surface area contributed by atoms with E-state index < -0.39 is 10.0 Å². The lowest BCUT2D eigenvalue weighted by atomic mass is 9.72. The Morgan fingerprint density at radius 3 is 2.40 bits per heavy atom. The molecular weight excluding hydrogens is 280 g/mol. The van der Waals surface area contributed by atoms with Gasteiger partial charge in [0, 0.05) is 33.3 Å². The van der Waals surface area contributed by atoms with Crippen LogP contribution in [0.1, 0.15) is 25.7 Å². The van der Waals surface area contributed by atoms with Crippen LogP contribution in [0.25, 0.3) is 0 Å². The van der Waals surface area contributed by atoms with Crippen LogP contribution in [0, 0.1) is 5.41 Å². The van der Waals surface area contributed by atoms with Gasteiger partial charge in [0.2, 0.25) is 15.9 Å². The van der Waals surface area contributed by atoms with E-state index in [1.807, 2.05) is 4.90 Å². The van der Waals surface area contributed by atoms with Crippen molar-refractivity contribution in [2.75, 3.05) is 46.2 Å². The van der Waals surface area contributed by atoms with E-state index in [2.05, 4.69) is 0 Å². The summed E-state index contributed by atoms with van der Waals surface area (Å²) in [5, 5.41) is 0. The van der Waals surface area contributed by atoms with Gasteiger partial charge in [0.1, 0.15) is 0 Å². The molecular formula is C13H24N2O4S. The Labute approximate surface area is 121 Å². The van der Waals surface area contributed by atoms with Gasteiger partial charge in [-0.05, 0) is 25.7 Å². The molecule has 20 heavy (non-hydrogen) atoms. The smallest absolute Gasteiger partial charge is 0.228 e. The molecule has 2 saturated heterocycles. The molecule has 2 heterocycles. The highest BCUT2D eigenvalue weighted by molar-refractivity contribution is 7.88. The molecule has 7 heteroatoms. The average Bonchev–Trinajstić information content (AvgIpc) is 2.40. The lowest BCUT2D eigenvalue weighted by Crippen LogP contribution is -2.54. The minimum absolute atomic E-state index is 0.189. The van der Waals surface area contributed by atoms with Gasteiger partial charge in [-0.15, -0.1) is 0 Å². The van der Waals surface area contributed by atoms with Crippen molar-refractivity contribution in [3.63, 3.8) is 0 Å². The van der Waals surface area contributed by atoms with Gasteiger partial charge in [0.25, 0.3) is 0 Å². The van der Waals surface area contributed by atoms with Crippen molar-refractivity contribution in [2.24, 2.45) is 5.41 Å². The lowest BCUT2D eigenvalue weighted by Gasteiger charge is -2.45. The van der Waals surface area contributed by atoms with Crippen LogP contribution in [0.2, 0.25) is 0 Å². The van der Waals surface area contributed by atoms with Crippen molar-refractivity contribution in [1.82, 2.24) is 9.21 Å². The van der Waals surface area contributed by atoms with Gasteiger partial charge < -0.3 is 9.64 Å². The maximum absolute atomic E-state index is 12.7. The third kappa shape index (κ3) is 3.15. The first kappa shape index (κ1) is 15.7. The zero-order chi connectivity index (χ0) is 14.8. The van der Waals surface area contributed by atoms with Gasteiger partial charge in [-0.3, -0.25) is 4.79 Å². The van der Waals surface area contributed by atoms with E-state index in [4.69, 9.17) is 4.74 Å². The Morgan fingerprint density at radius 2 is 1.85 bits per heavy atom. The molecule has 1 amide bonds. The Balaban J connectivity index is 2.03. The molecule has 0 unspecified atom stereocenters. The summed E-state index contributed by atoms with van der Waals surface area (Å²) in [5.41, 5.74) is -0.340. The van der Waals surface area contributed by atoms with Crippen LogP contribution in [0.3, 0.4) is 0 Å². The van der Waals surface area contributed by atoms with Gasteiger partial charge in [0.05, 0.1) is 18.3 Å². The third-order valence-electron chi connectivity index (χ3n) is 4.54. The number of amides is 1. The Bertz CT molecular complexity index is 455. The molecule has 0 atom stereocenters. The SMILES string of the molecule is COCCN1CCCC2(CCN(S(C)(=O)=O)CC2)C1=O. The van der Waals surface area contributed by atoms with Crippen LogP contribution in [0.5, 0.6) is 0 Å². The topological polar surface area (TPSA) is 66.9 Å². The van der Waals surface area contributed by atoms with Crippen LogP contribution in [-0.4, -0.2) is 69.7 Å². The zero-order valence-electron chi connectivity index (χ0n) is 12.3. The second-order valence-corrected chi connectivity index (χ2v) is 7.81. The highest BCUT2D eigenvalue weighted by Crippen LogP contribution is 2.41. The number of likely N-dealkylation sites (tertiary alicyclic amines) is 1. The molecule has 0 aromatic carbocycles. The summed E-state index contributed by atoms with van der Waals surface area (Å²) < 4.78 is 29.7. The number of ether oxygens (including phenoxy) is 1. The quantitative estimate of drug-likeness (QED) is 0.749. The molecule has 0 radical (unpaired) electrons. The molecule has 6 nitrogen and oxygen atoms in total. The molecule has 0 bridgehead atoms. The number of carbonyl (C=O) groups excluding carboxylic acids is 1. The predicted octanol–water partition coefficient (Wildman–Crippen LogP) is 0.297. The first-order chi connectivity index (χ1) is 9.39. The number of rotatable bonds is 4. The number of nitrogens with zero attached hydrogens (tertiary/aromatic N) is 2. The van der Waals surface area contributed by atoms with Gasteiger partial charge >= 0.3 is 0 Å². The number of carbonyl (C=O) groups is 1. The van der Waals surface area contributed by atoms with Crippen molar-refractivity contribution >= 4 is 15.9 Å². The monoisotopic (exact) mass is 304 g/mol. The zero-order valence-corrected chi connectivity index (χ0v) is 13.1. The maximum atomic E-state index is 12.7. The molecule has 2 fully saturated rings. The van der Waals surface area contributed by atoms with E-state index >= 15 is 0 Å². The largest absolute Gasteiger partial charge is 0.383 e. The summed E-state index contributed by atoms with van der Waals surface area (Å²) in [7, 11) is -1.50. The van der Waals surface area contributed by atoms with Gasteiger partial charge in [0.15, 0.2) is 0 Å². The predicted molar refractivity (Wildman–Crippen MR) is 75.8 cm³/mol. The van der Waals surface area contributed by atoms with Crippen LogP contribution >= 0.6 is 0 Å². The summed E-state index contributed by atoms with van der Waals surface area (Å²) in [5.74, 6) is 0.189. The molecule has 0 saturated carbocycles. The summed E-state index contributed by atoms with van der Waals surface area (Å²) >= 11 is 0. The van der Waals surface area contributed by atoms with E-state index in [-0.39, 0.29) is 11.3 Å². The molecule has 2 rings (SSSR count). The summed E-state index contributed by atoms with van der Waals surface area (Å²) in [4.78, 5) is 14.5. The molecule has 0 aromatic heterocycles. The van der Waals surface area contributed by atoms with Crippen LogP contribution in [-0.2, 0) is 19.6 Å². The van der Waals surface area contributed by atoms with Crippen LogP contribution in [0.15, 0.2) is 0 Å². The minimum Gasteiger partial charge on any atom is -0.383 e. The van der Waals surface area contributed by atoms with Crippen molar-refractivity contribution in [3.05, 3.63) is 0 Å². The Kier molecular flexibility index (Phi) is 4.71. The fourth-order valence-corrected chi connectivity index (χ4v) is 4.12. The fraction of sp³-hybridized carbons (Fsp3) is 0.923.